The number of benzene rings is 2. The molecule has 31 heavy (non-hydrogen) atoms. The molecule has 0 saturated carbocycles. The van der Waals surface area contributed by atoms with Crippen LogP contribution in [0.2, 0.25) is 0 Å². The zero-order chi connectivity index (χ0) is 22.5. The Labute approximate surface area is 200 Å². The first-order valence-corrected chi connectivity index (χ1v) is 11.5. The minimum atomic E-state index is -0.514. The van der Waals surface area contributed by atoms with Crippen molar-refractivity contribution in [2.75, 3.05) is 25.6 Å². The van der Waals surface area contributed by atoms with Gasteiger partial charge in [0.25, 0.3) is 11.1 Å². The summed E-state index contributed by atoms with van der Waals surface area (Å²) < 4.78 is 12.0. The highest BCUT2D eigenvalue weighted by molar-refractivity contribution is 9.11. The van der Waals surface area contributed by atoms with Crippen LogP contribution in [0.4, 0.5) is 10.5 Å². The van der Waals surface area contributed by atoms with Crippen LogP contribution in [-0.2, 0) is 9.59 Å². The zero-order valence-electron chi connectivity index (χ0n) is 16.6. The third kappa shape index (κ3) is 5.69. The monoisotopic (exact) mass is 568 g/mol. The topological polar surface area (TPSA) is 84.9 Å². The van der Waals surface area contributed by atoms with E-state index in [0.717, 1.165) is 16.7 Å². The Morgan fingerprint density at radius 2 is 1.81 bits per heavy atom. The van der Waals surface area contributed by atoms with Crippen LogP contribution < -0.4 is 14.8 Å². The molecule has 1 N–H and O–H groups in total. The normalized spacial score (nSPS) is 14.8. The Balaban J connectivity index is 1.68. The molecule has 3 amide bonds. The number of hydrogen-bond acceptors (Lipinski definition) is 6. The van der Waals surface area contributed by atoms with E-state index in [1.54, 1.807) is 49.6 Å². The first-order chi connectivity index (χ1) is 14.8. The van der Waals surface area contributed by atoms with Gasteiger partial charge in [-0.05, 0) is 98.6 Å². The molecule has 1 aliphatic heterocycles. The second-order valence-corrected chi connectivity index (χ2v) is 8.99. The Morgan fingerprint density at radius 3 is 2.39 bits per heavy atom. The van der Waals surface area contributed by atoms with Crippen molar-refractivity contribution in [1.29, 1.82) is 0 Å². The number of halogens is 2. The number of nitrogens with one attached hydrogen (secondary N) is 1. The van der Waals surface area contributed by atoms with E-state index in [2.05, 4.69) is 37.2 Å². The van der Waals surface area contributed by atoms with Gasteiger partial charge in [0.1, 0.15) is 18.0 Å². The summed E-state index contributed by atoms with van der Waals surface area (Å²) in [4.78, 5) is 38.5. The van der Waals surface area contributed by atoms with Crippen LogP contribution in [0.15, 0.2) is 50.2 Å². The Morgan fingerprint density at radius 1 is 1.16 bits per heavy atom. The molecule has 0 aromatic heterocycles. The Hall–Kier alpha value is -2.30. The molecule has 10 heteroatoms. The minimum absolute atomic E-state index is 0.239. The van der Waals surface area contributed by atoms with E-state index >= 15 is 0 Å². The number of thioether (sulfide) groups is 1. The molecule has 162 valence electrons. The number of hydrogen-bond donors (Lipinski definition) is 1. The third-order valence-corrected chi connectivity index (χ3v) is 6.23. The van der Waals surface area contributed by atoms with E-state index < -0.39 is 17.1 Å². The van der Waals surface area contributed by atoms with Crippen molar-refractivity contribution in [2.24, 2.45) is 0 Å². The second-order valence-electron chi connectivity index (χ2n) is 6.29. The molecule has 0 atom stereocenters. The van der Waals surface area contributed by atoms with E-state index in [9.17, 15) is 14.4 Å². The lowest BCUT2D eigenvalue weighted by molar-refractivity contribution is -0.127. The van der Waals surface area contributed by atoms with Crippen LogP contribution >= 0.6 is 43.6 Å². The molecule has 3 rings (SSSR count). The lowest BCUT2D eigenvalue weighted by atomic mass is 10.2. The predicted octanol–water partition coefficient (Wildman–Crippen LogP) is 5.29. The summed E-state index contributed by atoms with van der Waals surface area (Å²) in [6.45, 7) is 2.06. The van der Waals surface area contributed by atoms with Crippen LogP contribution in [0.1, 0.15) is 12.5 Å². The highest BCUT2D eigenvalue weighted by Crippen LogP contribution is 2.37. The summed E-state index contributed by atoms with van der Waals surface area (Å²) in [5, 5.41) is 2.18. The van der Waals surface area contributed by atoms with E-state index in [0.29, 0.717) is 38.3 Å². The van der Waals surface area contributed by atoms with Crippen molar-refractivity contribution in [1.82, 2.24) is 4.90 Å². The number of nitrogens with zero attached hydrogens (tertiary/aromatic N) is 1. The molecule has 1 aliphatic rings. The largest absolute Gasteiger partial charge is 0.494 e. The maximum Gasteiger partial charge on any atom is 0.294 e. The summed E-state index contributed by atoms with van der Waals surface area (Å²) in [6, 6.07) is 10.4. The molecule has 1 saturated heterocycles. The van der Waals surface area contributed by atoms with Crippen LogP contribution in [0, 0.1) is 0 Å². The van der Waals surface area contributed by atoms with Gasteiger partial charge < -0.3 is 14.8 Å². The smallest absolute Gasteiger partial charge is 0.294 e. The number of ether oxygens (including phenoxy) is 2. The van der Waals surface area contributed by atoms with Crippen molar-refractivity contribution in [3.05, 3.63) is 55.8 Å². The molecule has 2 aromatic rings. The highest BCUT2D eigenvalue weighted by Gasteiger charge is 2.36. The van der Waals surface area contributed by atoms with Gasteiger partial charge in [0.2, 0.25) is 5.91 Å². The van der Waals surface area contributed by atoms with Crippen molar-refractivity contribution in [3.63, 3.8) is 0 Å². The summed E-state index contributed by atoms with van der Waals surface area (Å²) in [5.41, 5.74) is 1.24. The summed E-state index contributed by atoms with van der Waals surface area (Å²) in [5.74, 6) is 0.326. The van der Waals surface area contributed by atoms with E-state index in [1.807, 2.05) is 6.92 Å². The molecular formula is C21H18Br2N2O5S. The number of anilines is 1. The van der Waals surface area contributed by atoms with Gasteiger partial charge in [-0.1, -0.05) is 0 Å². The SMILES string of the molecule is CCOc1ccc(NC(=O)CN2C(=O)S/C(=C/c3cc(Br)c(OC)c(Br)c3)C2=O)cc1. The minimum Gasteiger partial charge on any atom is -0.494 e. The number of carbonyl (C=O) groups excluding carboxylic acids is 3. The van der Waals surface area contributed by atoms with Crippen LogP contribution in [-0.4, -0.2) is 42.2 Å². The average molecular weight is 570 g/mol. The van der Waals surface area contributed by atoms with Gasteiger partial charge in [-0.15, -0.1) is 0 Å². The lowest BCUT2D eigenvalue weighted by Crippen LogP contribution is -2.36. The summed E-state index contributed by atoms with van der Waals surface area (Å²) >= 11 is 7.61. The molecule has 0 spiro atoms. The van der Waals surface area contributed by atoms with Gasteiger partial charge in [0.05, 0.1) is 27.6 Å². The fraction of sp³-hybridized carbons (Fsp3) is 0.190. The molecule has 0 bridgehead atoms. The van der Waals surface area contributed by atoms with Crippen LogP contribution in [0.25, 0.3) is 6.08 Å². The van der Waals surface area contributed by atoms with Crippen LogP contribution in [0.3, 0.4) is 0 Å². The third-order valence-electron chi connectivity index (χ3n) is 4.15. The van der Waals surface area contributed by atoms with Crippen molar-refractivity contribution < 1.29 is 23.9 Å². The molecule has 7 nitrogen and oxygen atoms in total. The molecule has 0 aliphatic carbocycles. The van der Waals surface area contributed by atoms with E-state index in [1.165, 1.54) is 0 Å². The standard InChI is InChI=1S/C21H18Br2N2O5S/c1-3-30-14-6-4-13(5-7-14)24-18(26)11-25-20(27)17(31-21(25)28)10-12-8-15(22)19(29-2)16(23)9-12/h4-10H,3,11H2,1-2H3,(H,24,26)/b17-10+. The predicted molar refractivity (Wildman–Crippen MR) is 127 cm³/mol. The van der Waals surface area contributed by atoms with Crippen molar-refractivity contribution in [3.8, 4) is 11.5 Å². The van der Waals surface area contributed by atoms with E-state index in [-0.39, 0.29) is 11.4 Å². The van der Waals surface area contributed by atoms with E-state index in [4.69, 9.17) is 9.47 Å². The first-order valence-electron chi connectivity index (χ1n) is 9.13. The fourth-order valence-corrected chi connectivity index (χ4v) is 5.17. The van der Waals surface area contributed by atoms with Gasteiger partial charge in [-0.2, -0.15) is 0 Å². The number of methoxy groups -OCH3 is 1. The molecule has 0 unspecified atom stereocenters. The second kappa shape index (κ2) is 10.3. The summed E-state index contributed by atoms with van der Waals surface area (Å²) in [7, 11) is 1.55. The van der Waals surface area contributed by atoms with Gasteiger partial charge >= 0.3 is 0 Å². The summed E-state index contributed by atoms with van der Waals surface area (Å²) in [6.07, 6.45) is 1.60. The Bertz CT molecular complexity index is 1030. The van der Waals surface area contributed by atoms with Crippen molar-refractivity contribution in [2.45, 2.75) is 6.92 Å². The average Bonchev–Trinajstić information content (AvgIpc) is 2.97. The maximum absolute atomic E-state index is 12.7. The van der Waals surface area contributed by atoms with Gasteiger partial charge in [-0.25, -0.2) is 0 Å². The van der Waals surface area contributed by atoms with Gasteiger partial charge in [-0.3, -0.25) is 19.3 Å². The van der Waals surface area contributed by atoms with Gasteiger partial charge in [0, 0.05) is 5.69 Å². The van der Waals surface area contributed by atoms with Crippen molar-refractivity contribution >= 4 is 72.4 Å². The number of imide groups is 1. The number of carbonyl (C=O) groups is 3. The highest BCUT2D eigenvalue weighted by atomic mass is 79.9. The molecular weight excluding hydrogens is 552 g/mol. The molecule has 2 aromatic carbocycles. The van der Waals surface area contributed by atoms with Crippen LogP contribution in [0.5, 0.6) is 11.5 Å². The fourth-order valence-electron chi connectivity index (χ4n) is 2.79. The lowest BCUT2D eigenvalue weighted by Gasteiger charge is -2.13. The number of amides is 3. The quantitative estimate of drug-likeness (QED) is 0.456. The molecule has 0 radical (unpaired) electrons. The van der Waals surface area contributed by atoms with Gasteiger partial charge in [0.15, 0.2) is 0 Å². The first kappa shape index (κ1) is 23.4. The molecule has 1 fully saturated rings. The zero-order valence-corrected chi connectivity index (χ0v) is 20.6. The maximum atomic E-state index is 12.7. The number of rotatable bonds is 7. The molecule has 1 heterocycles. The Kier molecular flexibility index (Phi) is 7.79.